The van der Waals surface area contributed by atoms with Crippen molar-refractivity contribution in [2.24, 2.45) is 0 Å². The zero-order valence-electron chi connectivity index (χ0n) is 10.8. The second kappa shape index (κ2) is 10.4. The molecule has 3 N–H and O–H groups in total. The summed E-state index contributed by atoms with van der Waals surface area (Å²) >= 11 is 1.82. The normalized spacial score (nSPS) is 11.9. The molecule has 0 radical (unpaired) electrons. The fourth-order valence-electron chi connectivity index (χ4n) is 1.21. The SMILES string of the molecule is CCNC(=O)NC(=O)C(C)NCCCCSC. The van der Waals surface area contributed by atoms with Crippen LogP contribution in [-0.4, -0.2) is 43.1 Å². The third-order valence-corrected chi connectivity index (χ3v) is 2.89. The third kappa shape index (κ3) is 9.00. The number of rotatable bonds is 8. The number of amides is 3. The van der Waals surface area contributed by atoms with Crippen LogP contribution < -0.4 is 16.0 Å². The van der Waals surface area contributed by atoms with E-state index in [9.17, 15) is 9.59 Å². The van der Waals surface area contributed by atoms with Crippen molar-refractivity contribution in [3.63, 3.8) is 0 Å². The number of nitrogens with one attached hydrogen (secondary N) is 3. The fourth-order valence-corrected chi connectivity index (χ4v) is 1.70. The van der Waals surface area contributed by atoms with Crippen LogP contribution in [0.2, 0.25) is 0 Å². The van der Waals surface area contributed by atoms with Gasteiger partial charge in [0.25, 0.3) is 0 Å². The number of carbonyl (C=O) groups is 2. The van der Waals surface area contributed by atoms with Crippen molar-refractivity contribution < 1.29 is 9.59 Å². The molecule has 0 aliphatic heterocycles. The monoisotopic (exact) mass is 261 g/mol. The fraction of sp³-hybridized carbons (Fsp3) is 0.818. The summed E-state index contributed by atoms with van der Waals surface area (Å²) in [6.07, 6.45) is 4.26. The first-order valence-corrected chi connectivity index (χ1v) is 7.32. The first-order chi connectivity index (χ1) is 8.11. The molecule has 0 heterocycles. The number of carbonyl (C=O) groups excluding carboxylic acids is 2. The number of hydrogen-bond acceptors (Lipinski definition) is 4. The Bertz CT molecular complexity index is 237. The van der Waals surface area contributed by atoms with E-state index < -0.39 is 6.03 Å². The number of unbranched alkanes of at least 4 members (excludes halogenated alkanes) is 1. The Morgan fingerprint density at radius 3 is 2.59 bits per heavy atom. The van der Waals surface area contributed by atoms with E-state index in [-0.39, 0.29) is 11.9 Å². The molecular formula is C11H23N3O2S. The van der Waals surface area contributed by atoms with Crippen molar-refractivity contribution in [3.8, 4) is 0 Å². The lowest BCUT2D eigenvalue weighted by molar-refractivity contribution is -0.121. The lowest BCUT2D eigenvalue weighted by Gasteiger charge is -2.13. The zero-order chi connectivity index (χ0) is 13.1. The van der Waals surface area contributed by atoms with E-state index in [2.05, 4.69) is 22.2 Å². The van der Waals surface area contributed by atoms with Crippen LogP contribution in [0.5, 0.6) is 0 Å². The maximum Gasteiger partial charge on any atom is 0.321 e. The van der Waals surface area contributed by atoms with Crippen molar-refractivity contribution in [3.05, 3.63) is 0 Å². The largest absolute Gasteiger partial charge is 0.338 e. The number of thioether (sulfide) groups is 1. The van der Waals surface area contributed by atoms with Gasteiger partial charge in [-0.2, -0.15) is 11.8 Å². The lowest BCUT2D eigenvalue weighted by Crippen LogP contribution is -2.48. The maximum absolute atomic E-state index is 11.5. The minimum Gasteiger partial charge on any atom is -0.338 e. The van der Waals surface area contributed by atoms with Crippen LogP contribution in [0.15, 0.2) is 0 Å². The van der Waals surface area contributed by atoms with Crippen LogP contribution >= 0.6 is 11.8 Å². The Labute approximate surface area is 107 Å². The van der Waals surface area contributed by atoms with E-state index in [0.717, 1.165) is 25.1 Å². The summed E-state index contributed by atoms with van der Waals surface area (Å²) in [5.74, 6) is 0.849. The van der Waals surface area contributed by atoms with E-state index in [4.69, 9.17) is 0 Å². The summed E-state index contributed by atoms with van der Waals surface area (Å²) < 4.78 is 0. The molecule has 0 fully saturated rings. The molecule has 3 amide bonds. The average Bonchev–Trinajstić information content (AvgIpc) is 2.28. The van der Waals surface area contributed by atoms with Gasteiger partial charge < -0.3 is 10.6 Å². The highest BCUT2D eigenvalue weighted by Gasteiger charge is 2.13. The summed E-state index contributed by atoms with van der Waals surface area (Å²) in [5, 5.41) is 7.88. The predicted octanol–water partition coefficient (Wildman–Crippen LogP) is 0.953. The van der Waals surface area contributed by atoms with Crippen LogP contribution in [-0.2, 0) is 4.79 Å². The van der Waals surface area contributed by atoms with Crippen molar-refractivity contribution >= 4 is 23.7 Å². The molecular weight excluding hydrogens is 238 g/mol. The molecule has 1 unspecified atom stereocenters. The molecule has 0 aromatic carbocycles. The smallest absolute Gasteiger partial charge is 0.321 e. The molecule has 100 valence electrons. The van der Waals surface area contributed by atoms with Crippen LogP contribution in [0.4, 0.5) is 4.79 Å². The van der Waals surface area contributed by atoms with Crippen LogP contribution in [0.1, 0.15) is 26.7 Å². The summed E-state index contributed by atoms with van der Waals surface area (Å²) in [4.78, 5) is 22.6. The van der Waals surface area contributed by atoms with Gasteiger partial charge in [0.05, 0.1) is 6.04 Å². The van der Waals surface area contributed by atoms with Gasteiger partial charge in [0.15, 0.2) is 0 Å². The van der Waals surface area contributed by atoms with Crippen LogP contribution in [0.3, 0.4) is 0 Å². The van der Waals surface area contributed by atoms with E-state index in [0.29, 0.717) is 6.54 Å². The molecule has 0 aliphatic rings. The second-order valence-electron chi connectivity index (χ2n) is 3.72. The van der Waals surface area contributed by atoms with Gasteiger partial charge in [-0.3, -0.25) is 10.1 Å². The van der Waals surface area contributed by atoms with E-state index >= 15 is 0 Å². The Morgan fingerprint density at radius 1 is 1.29 bits per heavy atom. The van der Waals surface area contributed by atoms with Gasteiger partial charge in [-0.1, -0.05) is 0 Å². The molecule has 0 saturated carbocycles. The quantitative estimate of drug-likeness (QED) is 0.569. The maximum atomic E-state index is 11.5. The zero-order valence-corrected chi connectivity index (χ0v) is 11.7. The Balaban J connectivity index is 3.63. The number of hydrogen-bond donors (Lipinski definition) is 3. The van der Waals surface area contributed by atoms with Crippen molar-refractivity contribution in [2.45, 2.75) is 32.7 Å². The molecule has 0 saturated heterocycles. The van der Waals surface area contributed by atoms with Gasteiger partial charge >= 0.3 is 6.03 Å². The van der Waals surface area contributed by atoms with E-state index in [1.807, 2.05) is 11.8 Å². The van der Waals surface area contributed by atoms with Gasteiger partial charge in [0.2, 0.25) is 5.91 Å². The first-order valence-electron chi connectivity index (χ1n) is 5.92. The molecule has 0 aromatic rings. The molecule has 0 aromatic heterocycles. The molecule has 17 heavy (non-hydrogen) atoms. The first kappa shape index (κ1) is 16.2. The number of urea groups is 1. The summed E-state index contributed by atoms with van der Waals surface area (Å²) in [5.41, 5.74) is 0. The molecule has 6 heteroatoms. The minimum absolute atomic E-state index is 0.291. The molecule has 0 spiro atoms. The summed E-state index contributed by atoms with van der Waals surface area (Å²) in [6, 6.07) is -0.777. The van der Waals surface area contributed by atoms with Gasteiger partial charge in [0.1, 0.15) is 0 Å². The van der Waals surface area contributed by atoms with Gasteiger partial charge in [-0.05, 0) is 45.2 Å². The van der Waals surface area contributed by atoms with Crippen LogP contribution in [0, 0.1) is 0 Å². The Kier molecular flexibility index (Phi) is 9.95. The van der Waals surface area contributed by atoms with E-state index in [1.165, 1.54) is 0 Å². The lowest BCUT2D eigenvalue weighted by atomic mass is 10.3. The van der Waals surface area contributed by atoms with E-state index in [1.54, 1.807) is 13.8 Å². The molecule has 1 atom stereocenters. The Morgan fingerprint density at radius 2 is 2.00 bits per heavy atom. The minimum atomic E-state index is -0.437. The average molecular weight is 261 g/mol. The number of imide groups is 1. The highest BCUT2D eigenvalue weighted by Crippen LogP contribution is 1.98. The Hall–Kier alpha value is -0.750. The van der Waals surface area contributed by atoms with Gasteiger partial charge in [-0.15, -0.1) is 0 Å². The highest BCUT2D eigenvalue weighted by atomic mass is 32.2. The second-order valence-corrected chi connectivity index (χ2v) is 4.71. The standard InChI is InChI=1S/C11H23N3O2S/c1-4-12-11(16)14-10(15)9(2)13-7-5-6-8-17-3/h9,13H,4-8H2,1-3H3,(H2,12,14,15,16). The van der Waals surface area contributed by atoms with Gasteiger partial charge in [-0.25, -0.2) is 4.79 Å². The van der Waals surface area contributed by atoms with Crippen molar-refractivity contribution in [1.82, 2.24) is 16.0 Å². The highest BCUT2D eigenvalue weighted by molar-refractivity contribution is 7.98. The molecule has 0 bridgehead atoms. The van der Waals surface area contributed by atoms with Gasteiger partial charge in [0, 0.05) is 6.54 Å². The van der Waals surface area contributed by atoms with Crippen molar-refractivity contribution in [2.75, 3.05) is 25.1 Å². The topological polar surface area (TPSA) is 70.2 Å². The third-order valence-electron chi connectivity index (χ3n) is 2.19. The predicted molar refractivity (Wildman–Crippen MR) is 72.3 cm³/mol. The summed E-state index contributed by atoms with van der Waals surface area (Å²) in [6.45, 7) is 4.86. The molecule has 5 nitrogen and oxygen atoms in total. The molecule has 0 aliphatic carbocycles. The molecule has 0 rings (SSSR count). The van der Waals surface area contributed by atoms with Crippen LogP contribution in [0.25, 0.3) is 0 Å². The summed E-state index contributed by atoms with van der Waals surface area (Å²) in [7, 11) is 0. The van der Waals surface area contributed by atoms with Crippen molar-refractivity contribution in [1.29, 1.82) is 0 Å².